The third-order valence-electron chi connectivity index (χ3n) is 2.61. The molecule has 0 aliphatic heterocycles. The molecule has 0 aliphatic carbocycles. The fraction of sp³-hybridized carbons (Fsp3) is 0.538. The number of hydrogen-bond donors (Lipinski definition) is 1. The van der Waals surface area contributed by atoms with Gasteiger partial charge in [-0.1, -0.05) is 31.5 Å². The van der Waals surface area contributed by atoms with E-state index in [-0.39, 0.29) is 6.04 Å². The molecule has 19 heavy (non-hydrogen) atoms. The molecular weight excluding hydrogens is 277 g/mol. The van der Waals surface area contributed by atoms with Crippen molar-refractivity contribution in [3.8, 4) is 0 Å². The number of benzene rings is 1. The van der Waals surface area contributed by atoms with E-state index in [0.717, 1.165) is 0 Å². The lowest BCUT2D eigenvalue weighted by Gasteiger charge is -2.25. The lowest BCUT2D eigenvalue weighted by molar-refractivity contribution is -0.119. The summed E-state index contributed by atoms with van der Waals surface area (Å²) in [6.07, 6.45) is -4.24. The van der Waals surface area contributed by atoms with Crippen LogP contribution in [-0.4, -0.2) is 25.8 Å². The quantitative estimate of drug-likeness (QED) is 0.888. The molecule has 0 saturated carbocycles. The van der Waals surface area contributed by atoms with Crippen molar-refractivity contribution in [1.29, 1.82) is 0 Å². The van der Waals surface area contributed by atoms with Gasteiger partial charge >= 0.3 is 6.18 Å². The highest BCUT2D eigenvalue weighted by atomic mass is 35.5. The van der Waals surface area contributed by atoms with Crippen molar-refractivity contribution in [1.82, 2.24) is 5.32 Å². The van der Waals surface area contributed by atoms with E-state index in [4.69, 9.17) is 11.6 Å². The standard InChI is InChI=1S/C13H18ClF3N2/c1-9(2)18-7-10-11(14)5-4-6-12(10)19(3)8-13(15,16)17/h4-6,9,18H,7-8H2,1-3H3. The Balaban J connectivity index is 2.96. The summed E-state index contributed by atoms with van der Waals surface area (Å²) in [4.78, 5) is 1.17. The van der Waals surface area contributed by atoms with Gasteiger partial charge in [0.1, 0.15) is 6.54 Å². The van der Waals surface area contributed by atoms with Crippen LogP contribution in [0.4, 0.5) is 18.9 Å². The Morgan fingerprint density at radius 1 is 1.32 bits per heavy atom. The molecule has 1 aromatic rings. The number of halogens is 4. The van der Waals surface area contributed by atoms with Crippen molar-refractivity contribution in [3.05, 3.63) is 28.8 Å². The van der Waals surface area contributed by atoms with Gasteiger partial charge in [-0.2, -0.15) is 13.2 Å². The van der Waals surface area contributed by atoms with Gasteiger partial charge in [0.15, 0.2) is 0 Å². The van der Waals surface area contributed by atoms with E-state index >= 15 is 0 Å². The summed E-state index contributed by atoms with van der Waals surface area (Å²) in [6, 6.07) is 5.22. The van der Waals surface area contributed by atoms with E-state index in [9.17, 15) is 13.2 Å². The van der Waals surface area contributed by atoms with E-state index in [0.29, 0.717) is 22.8 Å². The minimum Gasteiger partial charge on any atom is -0.365 e. The summed E-state index contributed by atoms with van der Waals surface area (Å²) >= 11 is 6.08. The molecule has 0 bridgehead atoms. The molecule has 0 radical (unpaired) electrons. The molecule has 0 amide bonds. The van der Waals surface area contributed by atoms with Gasteiger partial charge in [0.25, 0.3) is 0 Å². The van der Waals surface area contributed by atoms with Crippen LogP contribution in [0.1, 0.15) is 19.4 Å². The molecule has 0 unspecified atom stereocenters. The second-order valence-electron chi connectivity index (χ2n) is 4.74. The minimum absolute atomic E-state index is 0.233. The van der Waals surface area contributed by atoms with Crippen LogP contribution in [0.2, 0.25) is 5.02 Å². The number of nitrogens with one attached hydrogen (secondary N) is 1. The van der Waals surface area contributed by atoms with E-state index in [1.165, 1.54) is 11.9 Å². The largest absolute Gasteiger partial charge is 0.405 e. The first-order valence-electron chi connectivity index (χ1n) is 5.99. The van der Waals surface area contributed by atoms with Crippen LogP contribution in [-0.2, 0) is 6.54 Å². The SMILES string of the molecule is CC(C)NCc1c(Cl)cccc1N(C)CC(F)(F)F. The number of nitrogens with zero attached hydrogens (tertiary/aromatic N) is 1. The molecule has 2 nitrogen and oxygen atoms in total. The molecular formula is C13H18ClF3N2. The maximum absolute atomic E-state index is 12.4. The van der Waals surface area contributed by atoms with Gasteiger partial charge in [-0.05, 0) is 12.1 Å². The number of anilines is 1. The van der Waals surface area contributed by atoms with E-state index in [1.807, 2.05) is 13.8 Å². The van der Waals surface area contributed by atoms with Gasteiger partial charge in [0.2, 0.25) is 0 Å². The molecule has 1 aromatic carbocycles. The zero-order chi connectivity index (χ0) is 14.6. The Labute approximate surface area is 116 Å². The van der Waals surface area contributed by atoms with Crippen molar-refractivity contribution < 1.29 is 13.2 Å². The lowest BCUT2D eigenvalue weighted by atomic mass is 10.1. The molecule has 108 valence electrons. The van der Waals surface area contributed by atoms with Crippen molar-refractivity contribution in [2.24, 2.45) is 0 Å². The van der Waals surface area contributed by atoms with Crippen LogP contribution < -0.4 is 10.2 Å². The highest BCUT2D eigenvalue weighted by molar-refractivity contribution is 6.31. The molecule has 0 aromatic heterocycles. The predicted molar refractivity (Wildman–Crippen MR) is 72.8 cm³/mol. The second kappa shape index (κ2) is 6.48. The van der Waals surface area contributed by atoms with E-state index in [2.05, 4.69) is 5.32 Å². The summed E-state index contributed by atoms with van der Waals surface area (Å²) < 4.78 is 37.3. The number of hydrogen-bond acceptors (Lipinski definition) is 2. The van der Waals surface area contributed by atoms with Crippen molar-refractivity contribution in [2.45, 2.75) is 32.6 Å². The number of alkyl halides is 3. The lowest BCUT2D eigenvalue weighted by Crippen LogP contribution is -2.32. The van der Waals surface area contributed by atoms with Crippen LogP contribution in [0.3, 0.4) is 0 Å². The van der Waals surface area contributed by atoms with Crippen LogP contribution in [0.15, 0.2) is 18.2 Å². The first kappa shape index (κ1) is 16.1. The second-order valence-corrected chi connectivity index (χ2v) is 5.15. The maximum Gasteiger partial charge on any atom is 0.405 e. The van der Waals surface area contributed by atoms with Gasteiger partial charge in [-0.15, -0.1) is 0 Å². The smallest absolute Gasteiger partial charge is 0.365 e. The minimum atomic E-state index is -4.24. The zero-order valence-corrected chi connectivity index (χ0v) is 11.9. The van der Waals surface area contributed by atoms with Gasteiger partial charge in [0.05, 0.1) is 0 Å². The van der Waals surface area contributed by atoms with Gasteiger partial charge in [0, 0.05) is 35.9 Å². The van der Waals surface area contributed by atoms with Gasteiger partial charge in [-0.25, -0.2) is 0 Å². The first-order valence-corrected chi connectivity index (χ1v) is 6.37. The third-order valence-corrected chi connectivity index (χ3v) is 2.96. The molecule has 0 spiro atoms. The molecule has 0 atom stereocenters. The molecule has 6 heteroatoms. The summed E-state index contributed by atoms with van der Waals surface area (Å²) in [5.41, 5.74) is 1.18. The van der Waals surface area contributed by atoms with E-state index < -0.39 is 12.7 Å². The summed E-state index contributed by atoms with van der Waals surface area (Å²) in [5, 5.41) is 3.64. The Hall–Kier alpha value is -0.940. The fourth-order valence-electron chi connectivity index (χ4n) is 1.74. The van der Waals surface area contributed by atoms with Crippen LogP contribution in [0.25, 0.3) is 0 Å². The van der Waals surface area contributed by atoms with Crippen molar-refractivity contribution >= 4 is 17.3 Å². The topological polar surface area (TPSA) is 15.3 Å². The Bertz CT molecular complexity index is 419. The average molecular weight is 295 g/mol. The Morgan fingerprint density at radius 2 is 1.95 bits per heavy atom. The summed E-state index contributed by atoms with van der Waals surface area (Å²) in [5.74, 6) is 0. The average Bonchev–Trinajstić information content (AvgIpc) is 2.24. The summed E-state index contributed by atoms with van der Waals surface area (Å²) in [7, 11) is 1.41. The highest BCUT2D eigenvalue weighted by Gasteiger charge is 2.30. The van der Waals surface area contributed by atoms with Crippen LogP contribution in [0.5, 0.6) is 0 Å². The molecule has 1 rings (SSSR count). The predicted octanol–water partition coefficient (Wildman–Crippen LogP) is 3.84. The third kappa shape index (κ3) is 5.28. The first-order chi connectivity index (χ1) is 8.70. The van der Waals surface area contributed by atoms with Crippen molar-refractivity contribution in [3.63, 3.8) is 0 Å². The molecule has 0 heterocycles. The maximum atomic E-state index is 12.4. The van der Waals surface area contributed by atoms with Crippen LogP contribution >= 0.6 is 11.6 Å². The molecule has 0 saturated heterocycles. The normalized spacial score (nSPS) is 12.0. The summed E-state index contributed by atoms with van der Waals surface area (Å²) in [6.45, 7) is 3.38. The fourth-order valence-corrected chi connectivity index (χ4v) is 1.98. The van der Waals surface area contributed by atoms with Gasteiger partial charge < -0.3 is 10.2 Å². The Kier molecular flexibility index (Phi) is 5.50. The molecule has 0 aliphatic rings. The zero-order valence-electron chi connectivity index (χ0n) is 11.2. The van der Waals surface area contributed by atoms with E-state index in [1.54, 1.807) is 18.2 Å². The molecule has 0 fully saturated rings. The van der Waals surface area contributed by atoms with Crippen molar-refractivity contribution in [2.75, 3.05) is 18.5 Å². The Morgan fingerprint density at radius 3 is 2.47 bits per heavy atom. The molecule has 1 N–H and O–H groups in total. The number of rotatable bonds is 5. The van der Waals surface area contributed by atoms with Crippen LogP contribution in [0, 0.1) is 0 Å². The van der Waals surface area contributed by atoms with Gasteiger partial charge in [-0.3, -0.25) is 0 Å². The highest BCUT2D eigenvalue weighted by Crippen LogP contribution is 2.29. The monoisotopic (exact) mass is 294 g/mol.